The average Bonchev–Trinajstić information content (AvgIpc) is 2.62. The molecule has 6 heteroatoms. The molecule has 1 radical (unpaired) electrons. The Balaban J connectivity index is 1.91. The van der Waals surface area contributed by atoms with Crippen LogP contribution in [0.3, 0.4) is 0 Å². The maximum Gasteiger partial charge on any atom is 0.322 e. The largest absolute Gasteiger partial charge is 0.480 e. The van der Waals surface area contributed by atoms with Crippen LogP contribution >= 0.6 is 0 Å². The van der Waals surface area contributed by atoms with Crippen molar-refractivity contribution in [1.29, 1.82) is 0 Å². The fourth-order valence-corrected chi connectivity index (χ4v) is 3.26. The molecule has 0 bridgehead atoms. The van der Waals surface area contributed by atoms with Gasteiger partial charge in [-0.1, -0.05) is 0 Å². The van der Waals surface area contributed by atoms with Crippen LogP contribution in [0.1, 0.15) is 19.3 Å². The van der Waals surface area contributed by atoms with Gasteiger partial charge in [0.1, 0.15) is 17.7 Å². The summed E-state index contributed by atoms with van der Waals surface area (Å²) in [4.78, 5) is 23.3. The zero-order chi connectivity index (χ0) is 10.6. The fraction of sp³-hybridized carbons (Fsp3) is 0.778. The maximum atomic E-state index is 11.1. The number of carboxylic acids is 1. The number of carbonyl (C=O) groups is 2. The normalized spacial score (nSPS) is 47.1. The Morgan fingerprint density at radius 1 is 1.67 bits per heavy atom. The second-order valence-electron chi connectivity index (χ2n) is 4.42. The Bertz CT molecular complexity index is 336. The van der Waals surface area contributed by atoms with Gasteiger partial charge in [-0.15, -0.1) is 0 Å². The van der Waals surface area contributed by atoms with Crippen molar-refractivity contribution >= 4 is 19.6 Å². The van der Waals surface area contributed by atoms with E-state index in [1.807, 2.05) is 0 Å². The van der Waals surface area contributed by atoms with Gasteiger partial charge < -0.3 is 19.4 Å². The fourth-order valence-electron chi connectivity index (χ4n) is 3.26. The smallest absolute Gasteiger partial charge is 0.322 e. The van der Waals surface area contributed by atoms with E-state index in [4.69, 9.17) is 9.84 Å². The third-order valence-corrected chi connectivity index (χ3v) is 3.83. The SMILES string of the molecule is O=C[B]N1C2CCCC23OC3[C@H]1C(=O)O. The Labute approximate surface area is 87.6 Å². The number of rotatable bonds is 3. The number of carbonyl (C=O) groups excluding carboxylic acids is 1. The lowest BCUT2D eigenvalue weighted by Gasteiger charge is -2.28. The van der Waals surface area contributed by atoms with Gasteiger partial charge in [-0.05, 0) is 19.3 Å². The van der Waals surface area contributed by atoms with Gasteiger partial charge in [0.25, 0.3) is 7.41 Å². The van der Waals surface area contributed by atoms with E-state index in [9.17, 15) is 9.59 Å². The molecule has 3 fully saturated rings. The van der Waals surface area contributed by atoms with Crippen molar-refractivity contribution in [2.45, 2.75) is 43.1 Å². The van der Waals surface area contributed by atoms with Gasteiger partial charge in [0.2, 0.25) is 0 Å². The first-order valence-corrected chi connectivity index (χ1v) is 5.17. The molecule has 3 rings (SSSR count). The standard InChI is InChI=1S/C9H11BNO4/c12-4-10-11-5-2-1-3-9(5)7(15-9)6(11)8(13)14/h4-7H,1-3H2,(H,13,14)/t5?,6-,7?,9?/m0/s1. The summed E-state index contributed by atoms with van der Waals surface area (Å²) in [7, 11) is 1.35. The number of morpholine rings is 1. The highest BCUT2D eigenvalue weighted by Crippen LogP contribution is 2.59. The van der Waals surface area contributed by atoms with Gasteiger partial charge in [0, 0.05) is 6.04 Å². The molecule has 1 aliphatic carbocycles. The lowest BCUT2D eigenvalue weighted by Crippen LogP contribution is -2.48. The van der Waals surface area contributed by atoms with Crippen LogP contribution in [0.25, 0.3) is 0 Å². The molecule has 79 valence electrons. The zero-order valence-electron chi connectivity index (χ0n) is 8.13. The number of carboxylic acid groups (broad SMARTS) is 1. The van der Waals surface area contributed by atoms with E-state index >= 15 is 0 Å². The Kier molecular flexibility index (Phi) is 1.76. The monoisotopic (exact) mass is 208 g/mol. The summed E-state index contributed by atoms with van der Waals surface area (Å²) >= 11 is 0. The van der Waals surface area contributed by atoms with Gasteiger partial charge in [-0.3, -0.25) is 4.79 Å². The van der Waals surface area contributed by atoms with Crippen LogP contribution in [0.5, 0.6) is 0 Å². The first-order chi connectivity index (χ1) is 7.20. The van der Waals surface area contributed by atoms with Crippen molar-refractivity contribution in [1.82, 2.24) is 4.81 Å². The van der Waals surface area contributed by atoms with Crippen LogP contribution in [-0.4, -0.2) is 53.3 Å². The molecule has 3 aliphatic rings. The summed E-state index contributed by atoms with van der Waals surface area (Å²) in [6, 6.07) is -0.575. The Morgan fingerprint density at radius 2 is 2.47 bits per heavy atom. The third kappa shape index (κ3) is 1.01. The van der Waals surface area contributed by atoms with E-state index in [0.29, 0.717) is 6.19 Å². The molecule has 0 aromatic heterocycles. The van der Waals surface area contributed by atoms with E-state index in [1.165, 1.54) is 7.41 Å². The lowest BCUT2D eigenvalue weighted by molar-refractivity contribution is -0.142. The molecule has 2 heterocycles. The van der Waals surface area contributed by atoms with Crippen LogP contribution < -0.4 is 0 Å². The molecule has 0 amide bonds. The van der Waals surface area contributed by atoms with E-state index in [0.717, 1.165) is 19.3 Å². The second kappa shape index (κ2) is 2.83. The number of ether oxygens (including phenoxy) is 1. The highest BCUT2D eigenvalue weighted by Gasteiger charge is 2.75. The van der Waals surface area contributed by atoms with Crippen molar-refractivity contribution in [3.8, 4) is 0 Å². The minimum Gasteiger partial charge on any atom is -0.480 e. The predicted octanol–water partition coefficient (Wildman–Crippen LogP) is -0.745. The molecular formula is C9H11BNO4. The number of aliphatic carboxylic acids is 1. The van der Waals surface area contributed by atoms with Crippen LogP contribution in [-0.2, 0) is 14.3 Å². The molecule has 5 nitrogen and oxygen atoms in total. The van der Waals surface area contributed by atoms with Crippen LogP contribution in [0.2, 0.25) is 0 Å². The molecule has 3 unspecified atom stereocenters. The van der Waals surface area contributed by atoms with Crippen molar-refractivity contribution in [3.63, 3.8) is 0 Å². The van der Waals surface area contributed by atoms with Gasteiger partial charge in [0.05, 0.1) is 6.19 Å². The molecule has 2 aliphatic heterocycles. The molecule has 1 spiro atoms. The van der Waals surface area contributed by atoms with Crippen LogP contribution in [0, 0.1) is 0 Å². The van der Waals surface area contributed by atoms with Crippen molar-refractivity contribution < 1.29 is 19.4 Å². The second-order valence-corrected chi connectivity index (χ2v) is 4.42. The maximum absolute atomic E-state index is 11.1. The number of hydrogen-bond acceptors (Lipinski definition) is 4. The molecule has 15 heavy (non-hydrogen) atoms. The summed E-state index contributed by atoms with van der Waals surface area (Å²) < 4.78 is 5.56. The first kappa shape index (κ1) is 9.36. The quantitative estimate of drug-likeness (QED) is 0.375. The molecular weight excluding hydrogens is 197 g/mol. The van der Waals surface area contributed by atoms with Gasteiger partial charge in [-0.2, -0.15) is 0 Å². The number of hydrogen-bond donors (Lipinski definition) is 1. The molecule has 0 aromatic carbocycles. The molecule has 1 saturated carbocycles. The highest BCUT2D eigenvalue weighted by atomic mass is 16.6. The highest BCUT2D eigenvalue weighted by molar-refractivity contribution is 6.64. The van der Waals surface area contributed by atoms with E-state index in [1.54, 1.807) is 4.81 Å². The molecule has 0 aromatic rings. The minimum absolute atomic E-state index is 0.0915. The predicted molar refractivity (Wildman–Crippen MR) is 51.0 cm³/mol. The summed E-state index contributed by atoms with van der Waals surface area (Å²) in [5.41, 5.74) is -0.247. The Hall–Kier alpha value is -0.875. The van der Waals surface area contributed by atoms with Gasteiger partial charge in [-0.25, -0.2) is 0 Å². The van der Waals surface area contributed by atoms with Crippen molar-refractivity contribution in [2.24, 2.45) is 0 Å². The van der Waals surface area contributed by atoms with E-state index in [2.05, 4.69) is 0 Å². The number of nitrogens with zero attached hydrogens (tertiary/aromatic N) is 1. The first-order valence-electron chi connectivity index (χ1n) is 5.17. The Morgan fingerprint density at radius 3 is 3.13 bits per heavy atom. The summed E-state index contributed by atoms with van der Waals surface area (Å²) in [5, 5.41) is 9.10. The summed E-state index contributed by atoms with van der Waals surface area (Å²) in [5.74, 6) is -0.899. The van der Waals surface area contributed by atoms with Crippen molar-refractivity contribution in [3.05, 3.63) is 0 Å². The zero-order valence-corrected chi connectivity index (χ0v) is 8.13. The third-order valence-electron chi connectivity index (χ3n) is 3.83. The lowest BCUT2D eigenvalue weighted by atomic mass is 9.90. The molecule has 1 N–H and O–H groups in total. The van der Waals surface area contributed by atoms with Crippen LogP contribution in [0.4, 0.5) is 0 Å². The summed E-state index contributed by atoms with van der Waals surface area (Å²) in [6.45, 7) is 0. The molecule has 2 saturated heterocycles. The minimum atomic E-state index is -0.899. The van der Waals surface area contributed by atoms with Crippen LogP contribution in [0.15, 0.2) is 0 Å². The van der Waals surface area contributed by atoms with Gasteiger partial charge >= 0.3 is 5.97 Å². The van der Waals surface area contributed by atoms with E-state index in [-0.39, 0.29) is 17.7 Å². The van der Waals surface area contributed by atoms with E-state index < -0.39 is 12.0 Å². The summed E-state index contributed by atoms with van der Waals surface area (Å²) in [6.07, 6.45) is 3.35. The average molecular weight is 208 g/mol. The van der Waals surface area contributed by atoms with Crippen molar-refractivity contribution in [2.75, 3.05) is 0 Å². The number of epoxide rings is 1. The topological polar surface area (TPSA) is 70.1 Å². The molecule has 4 atom stereocenters. The van der Waals surface area contributed by atoms with Gasteiger partial charge in [0.15, 0.2) is 0 Å².